The Morgan fingerprint density at radius 1 is 0.909 bits per heavy atom. The van der Waals surface area contributed by atoms with Gasteiger partial charge < -0.3 is 0 Å². The van der Waals surface area contributed by atoms with Crippen molar-refractivity contribution in [3.63, 3.8) is 0 Å². The quantitative estimate of drug-likeness (QED) is 0.167. The van der Waals surface area contributed by atoms with Gasteiger partial charge in [-0.2, -0.15) is 0 Å². The average molecular weight is 483 g/mol. The number of benzene rings is 1. The van der Waals surface area contributed by atoms with E-state index in [-0.39, 0.29) is 0 Å². The van der Waals surface area contributed by atoms with Crippen LogP contribution in [-0.4, -0.2) is 8.80 Å². The first-order valence-corrected chi connectivity index (χ1v) is 15.9. The standard InChI is InChI=1S/C28H42F4Si/c1-2-3-6-15-33-16-13-24(14-17-33)23-11-9-21(10-12-23)7-4-5-8-22-18-25(30)28(26(31)19-22)27(32)20-29/h18-21,23-24,33H,2-17H2,1H3/b27-20+. The maximum atomic E-state index is 13.9. The third-order valence-corrected chi connectivity index (χ3v) is 12.0. The summed E-state index contributed by atoms with van der Waals surface area (Å²) >= 11 is 0. The molecule has 1 saturated carbocycles. The largest absolute Gasteiger partial charge is 0.212 e. The molecule has 2 fully saturated rings. The molecule has 0 aromatic heterocycles. The molecule has 1 heterocycles. The van der Waals surface area contributed by atoms with E-state index in [9.17, 15) is 17.6 Å². The highest BCUT2D eigenvalue weighted by Gasteiger charge is 2.31. The highest BCUT2D eigenvalue weighted by atomic mass is 28.3. The highest BCUT2D eigenvalue weighted by molar-refractivity contribution is 6.58. The van der Waals surface area contributed by atoms with Crippen LogP contribution in [0.5, 0.6) is 0 Å². The lowest BCUT2D eigenvalue weighted by molar-refractivity contribution is 0.184. The molecule has 0 radical (unpaired) electrons. The first-order valence-electron chi connectivity index (χ1n) is 13.5. The number of halogens is 4. The van der Waals surface area contributed by atoms with E-state index < -0.39 is 38.2 Å². The molecule has 0 atom stereocenters. The molecule has 1 aliphatic heterocycles. The van der Waals surface area contributed by atoms with Crippen LogP contribution in [-0.2, 0) is 6.42 Å². The summed E-state index contributed by atoms with van der Waals surface area (Å²) in [4.78, 5) is 0. The van der Waals surface area contributed by atoms with Gasteiger partial charge in [-0.3, -0.25) is 0 Å². The number of rotatable bonds is 11. The van der Waals surface area contributed by atoms with Gasteiger partial charge in [0.15, 0.2) is 5.83 Å². The molecular weight excluding hydrogens is 440 g/mol. The lowest BCUT2D eigenvalue weighted by Gasteiger charge is -2.37. The zero-order valence-corrected chi connectivity index (χ0v) is 21.5. The monoisotopic (exact) mass is 482 g/mol. The lowest BCUT2D eigenvalue weighted by atomic mass is 9.73. The van der Waals surface area contributed by atoms with Crippen LogP contribution in [0.15, 0.2) is 18.5 Å². The second-order valence-corrected chi connectivity index (χ2v) is 14.2. The molecule has 5 heteroatoms. The van der Waals surface area contributed by atoms with E-state index in [1.165, 1.54) is 64.2 Å². The van der Waals surface area contributed by atoms with Crippen LogP contribution in [0.2, 0.25) is 18.1 Å². The lowest BCUT2D eigenvalue weighted by Crippen LogP contribution is -2.28. The Hall–Kier alpha value is -1.10. The van der Waals surface area contributed by atoms with Gasteiger partial charge in [-0.05, 0) is 61.1 Å². The zero-order valence-electron chi connectivity index (χ0n) is 20.4. The van der Waals surface area contributed by atoms with Crippen molar-refractivity contribution in [3.8, 4) is 0 Å². The van der Waals surface area contributed by atoms with Crippen LogP contribution >= 0.6 is 0 Å². The minimum atomic E-state index is -1.51. The van der Waals surface area contributed by atoms with Crippen LogP contribution in [0.3, 0.4) is 0 Å². The second kappa shape index (κ2) is 13.7. The molecule has 0 unspecified atom stereocenters. The number of unbranched alkanes of at least 4 members (excludes halogenated alkanes) is 3. The Labute approximate surface area is 199 Å². The van der Waals surface area contributed by atoms with Gasteiger partial charge in [0.1, 0.15) is 18.0 Å². The maximum absolute atomic E-state index is 13.9. The van der Waals surface area contributed by atoms with E-state index in [1.807, 2.05) is 0 Å². The summed E-state index contributed by atoms with van der Waals surface area (Å²) in [6, 6.07) is 7.03. The molecular formula is C28H42F4Si. The Kier molecular flexibility index (Phi) is 11.0. The van der Waals surface area contributed by atoms with Crippen molar-refractivity contribution >= 4 is 14.6 Å². The Balaban J connectivity index is 1.32. The van der Waals surface area contributed by atoms with E-state index in [1.54, 1.807) is 18.1 Å². The van der Waals surface area contributed by atoms with E-state index >= 15 is 0 Å². The van der Waals surface area contributed by atoms with E-state index in [0.717, 1.165) is 42.7 Å². The van der Waals surface area contributed by atoms with E-state index in [4.69, 9.17) is 0 Å². The Bertz CT molecular complexity index is 723. The predicted molar refractivity (Wildman–Crippen MR) is 133 cm³/mol. The fraction of sp³-hybridized carbons (Fsp3) is 0.714. The molecule has 1 aromatic carbocycles. The van der Waals surface area contributed by atoms with Crippen molar-refractivity contribution in [2.24, 2.45) is 17.8 Å². The molecule has 1 aliphatic carbocycles. The van der Waals surface area contributed by atoms with E-state index in [2.05, 4.69) is 6.92 Å². The minimum Gasteiger partial charge on any atom is -0.212 e. The topological polar surface area (TPSA) is 0 Å². The maximum Gasteiger partial charge on any atom is 0.164 e. The number of hydrogen-bond acceptors (Lipinski definition) is 0. The van der Waals surface area contributed by atoms with Crippen LogP contribution in [0.4, 0.5) is 17.6 Å². The van der Waals surface area contributed by atoms with Gasteiger partial charge in [0, 0.05) is 8.80 Å². The molecule has 1 aromatic rings. The third kappa shape index (κ3) is 7.97. The van der Waals surface area contributed by atoms with Crippen LogP contribution in [0.1, 0.15) is 95.1 Å². The minimum absolute atomic E-state index is 0.406. The molecule has 186 valence electrons. The summed E-state index contributed by atoms with van der Waals surface area (Å²) in [5.74, 6) is -0.838. The fourth-order valence-corrected chi connectivity index (χ4v) is 9.93. The molecule has 2 aliphatic rings. The molecule has 0 bridgehead atoms. The van der Waals surface area contributed by atoms with Crippen molar-refractivity contribution < 1.29 is 17.6 Å². The summed E-state index contributed by atoms with van der Waals surface area (Å²) in [6.07, 6.45) is 16.0. The summed E-state index contributed by atoms with van der Waals surface area (Å²) in [5, 5.41) is 0. The Morgan fingerprint density at radius 2 is 1.55 bits per heavy atom. The molecule has 33 heavy (non-hydrogen) atoms. The van der Waals surface area contributed by atoms with Gasteiger partial charge in [0.2, 0.25) is 0 Å². The SMILES string of the molecule is CCCCC[SiH]1CCC(C2CCC(CCCCc3cc(F)c(/C(F)=C\F)c(F)c3)CC2)CC1. The van der Waals surface area contributed by atoms with Crippen molar-refractivity contribution in [1.82, 2.24) is 0 Å². The first-order chi connectivity index (χ1) is 16.0. The van der Waals surface area contributed by atoms with Crippen LogP contribution in [0, 0.1) is 29.4 Å². The first kappa shape index (κ1) is 26.5. The van der Waals surface area contributed by atoms with Crippen molar-refractivity contribution in [3.05, 3.63) is 41.2 Å². The molecule has 0 spiro atoms. The highest BCUT2D eigenvalue weighted by Crippen LogP contribution is 2.42. The molecule has 0 nitrogen and oxygen atoms in total. The Morgan fingerprint density at radius 3 is 2.15 bits per heavy atom. The van der Waals surface area contributed by atoms with Gasteiger partial charge in [0.25, 0.3) is 0 Å². The average Bonchev–Trinajstić information content (AvgIpc) is 2.82. The molecule has 3 rings (SSSR count). The molecule has 1 saturated heterocycles. The zero-order chi connectivity index (χ0) is 23.6. The number of hydrogen-bond donors (Lipinski definition) is 0. The van der Waals surface area contributed by atoms with Crippen LogP contribution < -0.4 is 0 Å². The summed E-state index contributed by atoms with van der Waals surface area (Å²) < 4.78 is 53.4. The van der Waals surface area contributed by atoms with Crippen molar-refractivity contribution in [2.45, 2.75) is 109 Å². The van der Waals surface area contributed by atoms with E-state index in [0.29, 0.717) is 12.0 Å². The predicted octanol–water partition coefficient (Wildman–Crippen LogP) is 9.55. The van der Waals surface area contributed by atoms with Gasteiger partial charge in [-0.25, -0.2) is 17.6 Å². The summed E-state index contributed by atoms with van der Waals surface area (Å²) in [7, 11) is -0.410. The van der Waals surface area contributed by atoms with Gasteiger partial charge in [0.05, 0.1) is 5.56 Å². The molecule has 0 N–H and O–H groups in total. The summed E-state index contributed by atoms with van der Waals surface area (Å²) in [6.45, 7) is 2.30. The van der Waals surface area contributed by atoms with Gasteiger partial charge in [-0.15, -0.1) is 0 Å². The normalized spacial score (nSPS) is 26.5. The third-order valence-electron chi connectivity index (χ3n) is 8.43. The molecule has 0 amide bonds. The van der Waals surface area contributed by atoms with Crippen LogP contribution in [0.25, 0.3) is 5.83 Å². The summed E-state index contributed by atoms with van der Waals surface area (Å²) in [5.41, 5.74) is -0.400. The smallest absolute Gasteiger partial charge is 0.164 e. The van der Waals surface area contributed by atoms with Crippen molar-refractivity contribution in [1.29, 1.82) is 0 Å². The number of aryl methyl sites for hydroxylation is 1. The fourth-order valence-electron chi connectivity index (χ4n) is 6.39. The van der Waals surface area contributed by atoms with Gasteiger partial charge in [-0.1, -0.05) is 82.8 Å². The second-order valence-electron chi connectivity index (χ2n) is 10.7. The van der Waals surface area contributed by atoms with Crippen molar-refractivity contribution in [2.75, 3.05) is 0 Å². The van der Waals surface area contributed by atoms with Gasteiger partial charge >= 0.3 is 0 Å².